The van der Waals surface area contributed by atoms with Gasteiger partial charge in [-0.15, -0.1) is 0 Å². The van der Waals surface area contributed by atoms with Crippen LogP contribution in [0, 0.1) is 23.5 Å². The number of hydrogen-bond acceptors (Lipinski definition) is 2. The lowest BCUT2D eigenvalue weighted by Gasteiger charge is -2.01. The molecule has 2 aromatic carbocycles. The molecule has 100 valence electrons. The number of rotatable bonds is 2. The lowest BCUT2D eigenvalue weighted by Crippen LogP contribution is -1.97. The Morgan fingerprint density at radius 2 is 1.85 bits per heavy atom. The molecule has 0 saturated carbocycles. The summed E-state index contributed by atoms with van der Waals surface area (Å²) in [6.07, 6.45) is 0. The minimum atomic E-state index is -0.570. The van der Waals surface area contributed by atoms with Crippen molar-refractivity contribution in [2.75, 3.05) is 5.43 Å². The first-order chi connectivity index (χ1) is 9.65. The van der Waals surface area contributed by atoms with Crippen LogP contribution in [-0.2, 0) is 0 Å². The van der Waals surface area contributed by atoms with Crippen LogP contribution < -0.4 is 5.43 Å². The predicted octanol–water partition coefficient (Wildman–Crippen LogP) is 3.80. The van der Waals surface area contributed by atoms with Crippen molar-refractivity contribution in [1.82, 2.24) is 0 Å². The Morgan fingerprint density at radius 3 is 2.60 bits per heavy atom. The van der Waals surface area contributed by atoms with E-state index in [2.05, 4.69) is 22.4 Å². The van der Waals surface area contributed by atoms with Crippen LogP contribution in [-0.4, -0.2) is 5.71 Å². The van der Waals surface area contributed by atoms with Gasteiger partial charge < -0.3 is 0 Å². The summed E-state index contributed by atoms with van der Waals surface area (Å²) >= 11 is 0. The van der Waals surface area contributed by atoms with Crippen LogP contribution in [0.3, 0.4) is 0 Å². The molecule has 0 heterocycles. The zero-order valence-electron chi connectivity index (χ0n) is 10.8. The molecule has 0 atom stereocenters. The molecule has 2 rings (SSSR count). The number of nitrogens with zero attached hydrogens (tertiary/aromatic N) is 1. The van der Waals surface area contributed by atoms with Crippen LogP contribution in [0.5, 0.6) is 0 Å². The van der Waals surface area contributed by atoms with E-state index in [-0.39, 0.29) is 5.69 Å². The van der Waals surface area contributed by atoms with Crippen molar-refractivity contribution in [3.63, 3.8) is 0 Å². The van der Waals surface area contributed by atoms with Crippen molar-refractivity contribution in [2.45, 2.75) is 6.92 Å². The molecule has 20 heavy (non-hydrogen) atoms. The summed E-state index contributed by atoms with van der Waals surface area (Å²) in [5.74, 6) is 4.64. The minimum Gasteiger partial charge on any atom is -0.275 e. The number of benzene rings is 2. The first-order valence-corrected chi connectivity index (χ1v) is 5.97. The highest BCUT2D eigenvalue weighted by molar-refractivity contribution is 5.99. The topological polar surface area (TPSA) is 24.4 Å². The van der Waals surface area contributed by atoms with E-state index in [0.29, 0.717) is 5.71 Å². The van der Waals surface area contributed by atoms with Crippen molar-refractivity contribution < 1.29 is 8.78 Å². The summed E-state index contributed by atoms with van der Waals surface area (Å²) in [4.78, 5) is 0. The van der Waals surface area contributed by atoms with E-state index >= 15 is 0 Å². The van der Waals surface area contributed by atoms with Crippen LogP contribution >= 0.6 is 0 Å². The van der Waals surface area contributed by atoms with Gasteiger partial charge in [0.25, 0.3) is 0 Å². The SMILES string of the molecule is C/C(C#Cc1ccccc1)=N/Nc1cc(F)ccc1F. The molecule has 0 radical (unpaired) electrons. The summed E-state index contributed by atoms with van der Waals surface area (Å²) < 4.78 is 26.3. The number of hydrogen-bond donors (Lipinski definition) is 1. The van der Waals surface area contributed by atoms with E-state index in [4.69, 9.17) is 0 Å². The molecule has 0 aliphatic carbocycles. The maximum Gasteiger partial charge on any atom is 0.148 e. The van der Waals surface area contributed by atoms with Crippen molar-refractivity contribution in [1.29, 1.82) is 0 Å². The fraction of sp³-hybridized carbons (Fsp3) is 0.0625. The van der Waals surface area contributed by atoms with E-state index in [0.717, 1.165) is 23.8 Å². The maximum absolute atomic E-state index is 13.3. The summed E-state index contributed by atoms with van der Waals surface area (Å²) in [6.45, 7) is 1.68. The highest BCUT2D eigenvalue weighted by Crippen LogP contribution is 2.14. The molecule has 0 fully saturated rings. The summed E-state index contributed by atoms with van der Waals surface area (Å²) in [7, 11) is 0. The largest absolute Gasteiger partial charge is 0.275 e. The Hall–Kier alpha value is -2.67. The third-order valence-corrected chi connectivity index (χ3v) is 2.43. The van der Waals surface area contributed by atoms with Gasteiger partial charge in [0, 0.05) is 11.6 Å². The molecule has 0 amide bonds. The maximum atomic E-state index is 13.3. The van der Waals surface area contributed by atoms with Gasteiger partial charge in [-0.1, -0.05) is 24.1 Å². The summed E-state index contributed by atoms with van der Waals surface area (Å²) in [5, 5.41) is 3.90. The van der Waals surface area contributed by atoms with Crippen LogP contribution in [0.4, 0.5) is 14.5 Å². The van der Waals surface area contributed by atoms with Crippen LogP contribution in [0.15, 0.2) is 53.6 Å². The molecule has 2 nitrogen and oxygen atoms in total. The number of nitrogens with one attached hydrogen (secondary N) is 1. The highest BCUT2D eigenvalue weighted by Gasteiger charge is 2.01. The molecule has 0 bridgehead atoms. The third-order valence-electron chi connectivity index (χ3n) is 2.43. The van der Waals surface area contributed by atoms with E-state index < -0.39 is 11.6 Å². The molecule has 0 aliphatic heterocycles. The Labute approximate surface area is 116 Å². The van der Waals surface area contributed by atoms with Gasteiger partial charge in [-0.3, -0.25) is 5.43 Å². The quantitative estimate of drug-likeness (QED) is 0.501. The third kappa shape index (κ3) is 3.92. The van der Waals surface area contributed by atoms with Crippen molar-refractivity contribution in [3.8, 4) is 11.8 Å². The van der Waals surface area contributed by atoms with Gasteiger partial charge in [-0.2, -0.15) is 5.10 Å². The van der Waals surface area contributed by atoms with E-state index in [1.165, 1.54) is 0 Å². The molecule has 0 spiro atoms. The first-order valence-electron chi connectivity index (χ1n) is 5.97. The van der Waals surface area contributed by atoms with Gasteiger partial charge >= 0.3 is 0 Å². The Kier molecular flexibility index (Phi) is 4.46. The standard InChI is InChI=1S/C16H12F2N2/c1-12(7-8-13-5-3-2-4-6-13)19-20-16-11-14(17)9-10-15(16)18/h2-6,9-11,20H,1H3/b19-12-. The van der Waals surface area contributed by atoms with Crippen LogP contribution in [0.2, 0.25) is 0 Å². The summed E-state index contributed by atoms with van der Waals surface area (Å²) in [5.41, 5.74) is 3.77. The highest BCUT2D eigenvalue weighted by atomic mass is 19.1. The second-order valence-corrected chi connectivity index (χ2v) is 4.05. The smallest absolute Gasteiger partial charge is 0.148 e. The number of anilines is 1. The predicted molar refractivity (Wildman–Crippen MR) is 76.4 cm³/mol. The molecular formula is C16H12F2N2. The Morgan fingerprint density at radius 1 is 1.10 bits per heavy atom. The second-order valence-electron chi connectivity index (χ2n) is 4.05. The van der Waals surface area contributed by atoms with Gasteiger partial charge in [0.1, 0.15) is 17.3 Å². The lowest BCUT2D eigenvalue weighted by atomic mass is 10.2. The van der Waals surface area contributed by atoms with Crippen LogP contribution in [0.25, 0.3) is 0 Å². The fourth-order valence-electron chi connectivity index (χ4n) is 1.44. The van der Waals surface area contributed by atoms with Crippen LogP contribution in [0.1, 0.15) is 12.5 Å². The molecule has 0 unspecified atom stereocenters. The number of hydrazone groups is 1. The van der Waals surface area contributed by atoms with E-state index in [1.807, 2.05) is 30.3 Å². The second kappa shape index (κ2) is 6.48. The van der Waals surface area contributed by atoms with Gasteiger partial charge in [0.15, 0.2) is 0 Å². The van der Waals surface area contributed by atoms with Crippen molar-refractivity contribution >= 4 is 11.4 Å². The van der Waals surface area contributed by atoms with Gasteiger partial charge in [0.05, 0.1) is 5.69 Å². The average Bonchev–Trinajstić information content (AvgIpc) is 2.47. The molecule has 0 aromatic heterocycles. The Bertz CT molecular complexity index is 683. The van der Waals surface area contributed by atoms with E-state index in [1.54, 1.807) is 6.92 Å². The molecular weight excluding hydrogens is 258 g/mol. The zero-order valence-corrected chi connectivity index (χ0v) is 10.8. The van der Waals surface area contributed by atoms with E-state index in [9.17, 15) is 8.78 Å². The molecule has 2 aromatic rings. The monoisotopic (exact) mass is 270 g/mol. The van der Waals surface area contributed by atoms with Crippen molar-refractivity contribution in [3.05, 3.63) is 65.7 Å². The Balaban J connectivity index is 2.08. The van der Waals surface area contributed by atoms with Gasteiger partial charge in [0.2, 0.25) is 0 Å². The molecule has 0 aliphatic rings. The first kappa shape index (κ1) is 13.8. The number of halogens is 2. The zero-order chi connectivity index (χ0) is 14.4. The molecule has 4 heteroatoms. The molecule has 0 saturated heterocycles. The van der Waals surface area contributed by atoms with Gasteiger partial charge in [-0.05, 0) is 37.1 Å². The molecule has 1 N–H and O–H groups in total. The minimum absolute atomic E-state index is 0.0224. The fourth-order valence-corrected chi connectivity index (χ4v) is 1.44. The average molecular weight is 270 g/mol. The van der Waals surface area contributed by atoms with Gasteiger partial charge in [-0.25, -0.2) is 8.78 Å². The normalized spacial score (nSPS) is 10.7. The lowest BCUT2D eigenvalue weighted by molar-refractivity contribution is 0.603. The summed E-state index contributed by atoms with van der Waals surface area (Å²) in [6, 6.07) is 12.6. The van der Waals surface area contributed by atoms with Crippen molar-refractivity contribution in [2.24, 2.45) is 5.10 Å².